The molecule has 0 aliphatic heterocycles. The first kappa shape index (κ1) is 18.2. The van der Waals surface area contributed by atoms with Crippen molar-refractivity contribution in [2.24, 2.45) is 0 Å². The van der Waals surface area contributed by atoms with Crippen LogP contribution < -0.4 is 19.9 Å². The van der Waals surface area contributed by atoms with Crippen LogP contribution in [0.2, 0.25) is 0 Å². The summed E-state index contributed by atoms with van der Waals surface area (Å²) in [6.45, 7) is 0. The first-order valence-corrected chi connectivity index (χ1v) is 9.50. The van der Waals surface area contributed by atoms with E-state index in [0.717, 1.165) is 21.3 Å². The highest BCUT2D eigenvalue weighted by Gasteiger charge is 2.16. The van der Waals surface area contributed by atoms with Crippen molar-refractivity contribution in [3.05, 3.63) is 35.8 Å². The third kappa shape index (κ3) is 4.52. The van der Waals surface area contributed by atoms with Gasteiger partial charge in [-0.3, -0.25) is 14.6 Å². The smallest absolute Gasteiger partial charge is 0.305 e. The number of ether oxygens (including phenoxy) is 1. The summed E-state index contributed by atoms with van der Waals surface area (Å²) in [6, 6.07) is 7.70. The van der Waals surface area contributed by atoms with Crippen LogP contribution in [0.4, 0.5) is 5.88 Å². The largest absolute Gasteiger partial charge is 0.497 e. The summed E-state index contributed by atoms with van der Waals surface area (Å²) in [5.74, 6) is 1.15. The summed E-state index contributed by atoms with van der Waals surface area (Å²) in [4.78, 5) is 18.1. The van der Waals surface area contributed by atoms with Crippen LogP contribution in [0.3, 0.4) is 0 Å². The molecule has 2 aromatic heterocycles. The molecule has 136 valence electrons. The van der Waals surface area contributed by atoms with Gasteiger partial charge in [-0.2, -0.15) is 5.01 Å². The van der Waals surface area contributed by atoms with Crippen LogP contribution in [0.25, 0.3) is 11.3 Å². The van der Waals surface area contributed by atoms with Gasteiger partial charge in [0, 0.05) is 10.9 Å². The number of anilines is 1. The van der Waals surface area contributed by atoms with E-state index in [1.54, 1.807) is 18.3 Å². The van der Waals surface area contributed by atoms with Crippen LogP contribution in [0.1, 0.15) is 0 Å². The van der Waals surface area contributed by atoms with Crippen LogP contribution in [0, 0.1) is 0 Å². The third-order valence-electron chi connectivity index (χ3n) is 3.32. The van der Waals surface area contributed by atoms with E-state index in [2.05, 4.69) is 15.6 Å². The van der Waals surface area contributed by atoms with Crippen LogP contribution in [-0.2, 0) is 4.79 Å². The summed E-state index contributed by atoms with van der Waals surface area (Å²) in [6.07, 6.45) is 1.59. The number of aromatic nitrogens is 3. The first-order chi connectivity index (χ1) is 12.5. The third-order valence-corrected chi connectivity index (χ3v) is 5.34. The Bertz CT molecular complexity index is 876. The molecular formula is C16H18N5O3S2+. The molecule has 26 heavy (non-hydrogen) atoms. The number of hydrogen-bond donors (Lipinski definition) is 1. The molecule has 0 saturated heterocycles. The van der Waals surface area contributed by atoms with E-state index in [9.17, 15) is 4.79 Å². The molecule has 3 rings (SSSR count). The summed E-state index contributed by atoms with van der Waals surface area (Å²) in [5, 5.41) is 10.1. The van der Waals surface area contributed by atoms with Crippen LogP contribution >= 0.6 is 23.1 Å². The second-order valence-corrected chi connectivity index (χ2v) is 7.48. The number of carbonyl (C=O) groups excluding carboxylic acids is 1. The Morgan fingerprint density at radius 1 is 1.38 bits per heavy atom. The molecule has 0 aliphatic rings. The molecule has 0 spiro atoms. The van der Waals surface area contributed by atoms with E-state index >= 15 is 0 Å². The summed E-state index contributed by atoms with van der Waals surface area (Å²) in [7, 11) is 5.26. The molecule has 0 radical (unpaired) electrons. The minimum absolute atomic E-state index is 0.182. The first-order valence-electron chi connectivity index (χ1n) is 7.64. The SMILES string of the molecule is COc1ccc(-c2csc(SCC(=O)Nc3c[n+](N(C)C)no3)n2)cc1. The number of carbonyl (C=O) groups is 1. The predicted molar refractivity (Wildman–Crippen MR) is 100 cm³/mol. The van der Waals surface area contributed by atoms with Crippen molar-refractivity contribution in [1.82, 2.24) is 10.3 Å². The molecule has 10 heteroatoms. The lowest BCUT2D eigenvalue weighted by molar-refractivity contribution is -0.753. The molecule has 3 aromatic rings. The van der Waals surface area contributed by atoms with Crippen molar-refractivity contribution >= 4 is 34.9 Å². The zero-order chi connectivity index (χ0) is 18.5. The Morgan fingerprint density at radius 3 is 2.81 bits per heavy atom. The zero-order valence-electron chi connectivity index (χ0n) is 14.5. The van der Waals surface area contributed by atoms with Gasteiger partial charge in [0.05, 0.1) is 37.4 Å². The lowest BCUT2D eigenvalue weighted by atomic mass is 10.2. The molecule has 8 nitrogen and oxygen atoms in total. The minimum Gasteiger partial charge on any atom is -0.497 e. The number of rotatable bonds is 7. The minimum atomic E-state index is -0.182. The number of thioether (sulfide) groups is 1. The van der Waals surface area contributed by atoms with Crippen molar-refractivity contribution in [2.45, 2.75) is 4.34 Å². The molecule has 0 atom stereocenters. The highest BCUT2D eigenvalue weighted by atomic mass is 32.2. The second kappa shape index (κ2) is 8.19. The molecule has 1 amide bonds. The van der Waals surface area contributed by atoms with E-state index in [4.69, 9.17) is 9.26 Å². The number of nitrogens with one attached hydrogen (secondary N) is 1. The van der Waals surface area contributed by atoms with Gasteiger partial charge in [0.2, 0.25) is 11.2 Å². The van der Waals surface area contributed by atoms with Crippen molar-refractivity contribution in [3.8, 4) is 17.0 Å². The van der Waals surface area contributed by atoms with Gasteiger partial charge < -0.3 is 4.74 Å². The number of methoxy groups -OCH3 is 1. The Morgan fingerprint density at radius 2 is 2.15 bits per heavy atom. The molecule has 0 fully saturated rings. The van der Waals surface area contributed by atoms with Gasteiger partial charge in [-0.25, -0.2) is 4.98 Å². The lowest BCUT2D eigenvalue weighted by Gasteiger charge is -2.00. The highest BCUT2D eigenvalue weighted by molar-refractivity contribution is 8.01. The molecule has 0 aliphatic carbocycles. The molecule has 1 N–H and O–H groups in total. The van der Waals surface area contributed by atoms with Gasteiger partial charge in [-0.15, -0.1) is 11.3 Å². The van der Waals surface area contributed by atoms with Crippen molar-refractivity contribution < 1.29 is 18.8 Å². The van der Waals surface area contributed by atoms with Gasteiger partial charge >= 0.3 is 5.88 Å². The van der Waals surface area contributed by atoms with Gasteiger partial charge in [-0.1, -0.05) is 11.8 Å². The molecule has 1 aromatic carbocycles. The van der Waals surface area contributed by atoms with Gasteiger partial charge in [0.1, 0.15) is 5.75 Å². The van der Waals surface area contributed by atoms with Crippen LogP contribution in [-0.4, -0.2) is 43.1 Å². The van der Waals surface area contributed by atoms with E-state index in [1.807, 2.05) is 43.7 Å². The zero-order valence-corrected chi connectivity index (χ0v) is 16.1. The Labute approximate surface area is 158 Å². The Kier molecular flexibility index (Phi) is 5.74. The lowest BCUT2D eigenvalue weighted by Crippen LogP contribution is -2.53. The standard InChI is InChI=1S/C16H17N5O3S2/c1-20(2)21-8-15(24-19-21)18-14(22)10-26-16-17-13(9-25-16)11-4-6-12(23-3)7-5-11/h4-9H,10H2,1-3H3/p+1. The summed E-state index contributed by atoms with van der Waals surface area (Å²) < 4.78 is 11.0. The fraction of sp³-hybridized carbons (Fsp3) is 0.250. The van der Waals surface area contributed by atoms with Gasteiger partial charge in [0.15, 0.2) is 4.34 Å². The fourth-order valence-corrected chi connectivity index (χ4v) is 3.64. The average Bonchev–Trinajstić information content (AvgIpc) is 3.29. The molecule has 0 saturated carbocycles. The predicted octanol–water partition coefficient (Wildman–Crippen LogP) is 2.02. The van der Waals surface area contributed by atoms with E-state index in [1.165, 1.54) is 27.9 Å². The van der Waals surface area contributed by atoms with Crippen LogP contribution in [0.15, 0.2) is 44.7 Å². The van der Waals surface area contributed by atoms with Gasteiger partial charge in [0.25, 0.3) is 6.20 Å². The monoisotopic (exact) mass is 392 g/mol. The van der Waals surface area contributed by atoms with Crippen LogP contribution in [0.5, 0.6) is 5.75 Å². The van der Waals surface area contributed by atoms with E-state index in [-0.39, 0.29) is 11.7 Å². The van der Waals surface area contributed by atoms with Gasteiger partial charge in [-0.05, 0) is 24.3 Å². The fourth-order valence-electron chi connectivity index (χ4n) is 2.00. The molecule has 2 heterocycles. The Hall–Kier alpha value is -2.59. The Balaban J connectivity index is 1.54. The maximum atomic E-state index is 12.0. The second-order valence-electron chi connectivity index (χ2n) is 5.40. The topological polar surface area (TPSA) is 84.4 Å². The van der Waals surface area contributed by atoms with Crippen molar-refractivity contribution in [3.63, 3.8) is 0 Å². The number of hydrogen-bond acceptors (Lipinski definition) is 8. The number of benzene rings is 1. The number of thiazole rings is 1. The normalized spacial score (nSPS) is 10.6. The van der Waals surface area contributed by atoms with E-state index in [0.29, 0.717) is 5.88 Å². The quantitative estimate of drug-likeness (QED) is 0.486. The maximum Gasteiger partial charge on any atom is 0.305 e. The number of nitrogens with zero attached hydrogens (tertiary/aromatic N) is 4. The number of amides is 1. The van der Waals surface area contributed by atoms with Crippen molar-refractivity contribution in [1.29, 1.82) is 0 Å². The molecule has 0 bridgehead atoms. The summed E-state index contributed by atoms with van der Waals surface area (Å²) >= 11 is 2.88. The highest BCUT2D eigenvalue weighted by Crippen LogP contribution is 2.29. The average molecular weight is 392 g/mol. The summed E-state index contributed by atoms with van der Waals surface area (Å²) in [5.41, 5.74) is 1.89. The molecular weight excluding hydrogens is 374 g/mol. The molecule has 0 unspecified atom stereocenters. The maximum absolute atomic E-state index is 12.0. The van der Waals surface area contributed by atoms with Crippen molar-refractivity contribution in [2.75, 3.05) is 37.3 Å². The van der Waals surface area contributed by atoms with E-state index < -0.39 is 0 Å².